The van der Waals surface area contributed by atoms with E-state index >= 15 is 0 Å². The van der Waals surface area contributed by atoms with Crippen LogP contribution in [0.4, 0.5) is 5.82 Å². The molecular formula is C24H28N4O2. The number of benzene rings is 1. The Balaban J connectivity index is 1.90. The van der Waals surface area contributed by atoms with E-state index in [0.29, 0.717) is 30.3 Å². The highest BCUT2D eigenvalue weighted by molar-refractivity contribution is 5.86. The first-order valence-corrected chi connectivity index (χ1v) is 10.9. The number of aromatic nitrogens is 2. The summed E-state index contributed by atoms with van der Waals surface area (Å²) in [4.78, 5) is 16.9. The van der Waals surface area contributed by atoms with Crippen molar-refractivity contribution in [1.29, 1.82) is 5.26 Å². The average Bonchev–Trinajstić information content (AvgIpc) is 3.13. The quantitative estimate of drug-likeness (QED) is 0.591. The van der Waals surface area contributed by atoms with Crippen molar-refractivity contribution < 1.29 is 9.53 Å². The lowest BCUT2D eigenvalue weighted by Crippen LogP contribution is -2.25. The van der Waals surface area contributed by atoms with Crippen molar-refractivity contribution in [1.82, 2.24) is 9.38 Å². The van der Waals surface area contributed by atoms with E-state index in [1.807, 2.05) is 38.1 Å². The molecule has 1 saturated carbocycles. The zero-order valence-electron chi connectivity index (χ0n) is 17.7. The molecular weight excluding hydrogens is 376 g/mol. The summed E-state index contributed by atoms with van der Waals surface area (Å²) in [5, 5.41) is 13.7. The smallest absolute Gasteiger partial charge is 0.306 e. The number of imidazole rings is 1. The molecule has 0 aliphatic heterocycles. The Hall–Kier alpha value is -3.07. The first kappa shape index (κ1) is 20.2. The summed E-state index contributed by atoms with van der Waals surface area (Å²) in [5.74, 6) is 0.751. The van der Waals surface area contributed by atoms with Gasteiger partial charge in [0.1, 0.15) is 11.9 Å². The number of anilines is 1. The Labute approximate surface area is 176 Å². The van der Waals surface area contributed by atoms with Crippen molar-refractivity contribution >= 4 is 28.5 Å². The van der Waals surface area contributed by atoms with Gasteiger partial charge in [-0.15, -0.1) is 0 Å². The molecule has 1 aromatic carbocycles. The van der Waals surface area contributed by atoms with Gasteiger partial charge in [0.15, 0.2) is 5.65 Å². The fourth-order valence-corrected chi connectivity index (χ4v) is 4.54. The standard InChI is InChI=1S/C24H28N4O2/c1-3-30-22(29)14-13-18-16(2)19(15-25)24-27-20-11-7-8-12-21(20)28(24)23(18)26-17-9-5-4-6-10-17/h7-8,11-12,17,26H,3-6,9-10,13-14H2,1-2H3. The normalized spacial score (nSPS) is 14.7. The van der Waals surface area contributed by atoms with Crippen LogP contribution in [0.3, 0.4) is 0 Å². The maximum absolute atomic E-state index is 12.1. The topological polar surface area (TPSA) is 79.4 Å². The number of carbonyl (C=O) groups is 1. The van der Waals surface area contributed by atoms with Crippen LogP contribution in [0, 0.1) is 18.3 Å². The zero-order valence-corrected chi connectivity index (χ0v) is 17.7. The summed E-state index contributed by atoms with van der Waals surface area (Å²) >= 11 is 0. The molecule has 6 heteroatoms. The molecule has 0 saturated heterocycles. The molecule has 6 nitrogen and oxygen atoms in total. The maximum Gasteiger partial charge on any atom is 0.306 e. The molecule has 2 aromatic heterocycles. The number of pyridine rings is 1. The van der Waals surface area contributed by atoms with Crippen molar-refractivity contribution in [3.8, 4) is 6.07 Å². The molecule has 2 heterocycles. The lowest BCUT2D eigenvalue weighted by molar-refractivity contribution is -0.143. The van der Waals surface area contributed by atoms with Crippen LogP contribution in [0.2, 0.25) is 0 Å². The van der Waals surface area contributed by atoms with Crippen LogP contribution in [-0.2, 0) is 16.0 Å². The SMILES string of the molecule is CCOC(=O)CCc1c(C)c(C#N)c2nc3ccccc3n2c1NC1CCCCC1. The average molecular weight is 405 g/mol. The Morgan fingerprint density at radius 2 is 2.07 bits per heavy atom. The van der Waals surface area contributed by atoms with Gasteiger partial charge in [-0.3, -0.25) is 9.20 Å². The predicted molar refractivity (Wildman–Crippen MR) is 118 cm³/mol. The third kappa shape index (κ3) is 3.72. The molecule has 0 radical (unpaired) electrons. The van der Waals surface area contributed by atoms with Crippen molar-refractivity contribution in [3.63, 3.8) is 0 Å². The highest BCUT2D eigenvalue weighted by atomic mass is 16.5. The number of rotatable bonds is 6. The predicted octanol–water partition coefficient (Wildman–Crippen LogP) is 4.91. The Bertz CT molecular complexity index is 1120. The fraction of sp³-hybridized carbons (Fsp3) is 0.458. The Kier molecular flexibility index (Phi) is 5.89. The number of para-hydroxylation sites is 2. The molecule has 0 unspecified atom stereocenters. The Morgan fingerprint density at radius 1 is 1.30 bits per heavy atom. The van der Waals surface area contributed by atoms with Gasteiger partial charge in [-0.05, 0) is 56.4 Å². The van der Waals surface area contributed by atoms with Gasteiger partial charge < -0.3 is 10.1 Å². The van der Waals surface area contributed by atoms with Crippen LogP contribution < -0.4 is 5.32 Å². The van der Waals surface area contributed by atoms with Gasteiger partial charge in [0, 0.05) is 12.5 Å². The van der Waals surface area contributed by atoms with Gasteiger partial charge in [0.2, 0.25) is 0 Å². The molecule has 4 rings (SSSR count). The van der Waals surface area contributed by atoms with Crippen LogP contribution in [0.25, 0.3) is 16.7 Å². The van der Waals surface area contributed by atoms with Gasteiger partial charge in [0.25, 0.3) is 0 Å². The summed E-state index contributed by atoms with van der Waals surface area (Å²) < 4.78 is 7.23. The number of carbonyl (C=O) groups excluding carboxylic acids is 1. The van der Waals surface area contributed by atoms with Crippen LogP contribution >= 0.6 is 0 Å². The van der Waals surface area contributed by atoms with Crippen LogP contribution in [-0.4, -0.2) is 28.0 Å². The molecule has 1 aliphatic carbocycles. The first-order chi connectivity index (χ1) is 14.6. The highest BCUT2D eigenvalue weighted by Gasteiger charge is 2.23. The summed E-state index contributed by atoms with van der Waals surface area (Å²) in [7, 11) is 0. The van der Waals surface area contributed by atoms with E-state index in [2.05, 4.69) is 15.8 Å². The van der Waals surface area contributed by atoms with Crippen LogP contribution in [0.15, 0.2) is 24.3 Å². The van der Waals surface area contributed by atoms with Crippen LogP contribution in [0.1, 0.15) is 62.1 Å². The van der Waals surface area contributed by atoms with Gasteiger partial charge in [-0.2, -0.15) is 5.26 Å². The van der Waals surface area contributed by atoms with Gasteiger partial charge >= 0.3 is 5.97 Å². The van der Waals surface area contributed by atoms with Gasteiger partial charge in [-0.1, -0.05) is 31.4 Å². The number of fused-ring (bicyclic) bond motifs is 3. The second kappa shape index (κ2) is 8.74. The summed E-state index contributed by atoms with van der Waals surface area (Å²) in [5.41, 5.74) is 4.97. The van der Waals surface area contributed by atoms with E-state index in [1.54, 1.807) is 0 Å². The summed E-state index contributed by atoms with van der Waals surface area (Å²) in [6.45, 7) is 4.15. The fourth-order valence-electron chi connectivity index (χ4n) is 4.54. The van der Waals surface area contributed by atoms with Gasteiger partial charge in [-0.25, -0.2) is 4.98 Å². The molecule has 1 aliphatic rings. The summed E-state index contributed by atoms with van der Waals surface area (Å²) in [6.07, 6.45) is 6.80. The minimum Gasteiger partial charge on any atom is -0.466 e. The lowest BCUT2D eigenvalue weighted by Gasteiger charge is -2.27. The van der Waals surface area contributed by atoms with E-state index in [0.717, 1.165) is 40.8 Å². The van der Waals surface area contributed by atoms with E-state index in [1.165, 1.54) is 19.3 Å². The minimum atomic E-state index is -0.213. The third-order valence-electron chi connectivity index (χ3n) is 6.06. The van der Waals surface area contributed by atoms with E-state index < -0.39 is 0 Å². The number of esters is 1. The molecule has 0 atom stereocenters. The number of hydrogen-bond acceptors (Lipinski definition) is 5. The Morgan fingerprint density at radius 3 is 2.80 bits per heavy atom. The number of nitrogens with zero attached hydrogens (tertiary/aromatic N) is 3. The van der Waals surface area contributed by atoms with E-state index in [-0.39, 0.29) is 12.4 Å². The molecule has 0 amide bonds. The van der Waals surface area contributed by atoms with Crippen molar-refractivity contribution in [2.75, 3.05) is 11.9 Å². The second-order valence-electron chi connectivity index (χ2n) is 7.98. The lowest BCUT2D eigenvalue weighted by atomic mass is 9.94. The highest BCUT2D eigenvalue weighted by Crippen LogP contribution is 2.33. The minimum absolute atomic E-state index is 0.213. The maximum atomic E-state index is 12.1. The molecule has 1 fully saturated rings. The molecule has 30 heavy (non-hydrogen) atoms. The molecule has 156 valence electrons. The number of nitrogens with one attached hydrogen (secondary N) is 1. The largest absolute Gasteiger partial charge is 0.466 e. The first-order valence-electron chi connectivity index (χ1n) is 10.9. The van der Waals surface area contributed by atoms with E-state index in [9.17, 15) is 10.1 Å². The molecule has 0 spiro atoms. The number of ether oxygens (including phenoxy) is 1. The van der Waals surface area contributed by atoms with Crippen molar-refractivity contribution in [3.05, 3.63) is 41.0 Å². The van der Waals surface area contributed by atoms with Crippen molar-refractivity contribution in [2.24, 2.45) is 0 Å². The third-order valence-corrected chi connectivity index (χ3v) is 6.06. The number of nitriles is 1. The molecule has 0 bridgehead atoms. The molecule has 3 aromatic rings. The second-order valence-corrected chi connectivity index (χ2v) is 7.98. The monoisotopic (exact) mass is 404 g/mol. The summed E-state index contributed by atoms with van der Waals surface area (Å²) in [6, 6.07) is 10.7. The van der Waals surface area contributed by atoms with Crippen molar-refractivity contribution in [2.45, 2.75) is 64.8 Å². The van der Waals surface area contributed by atoms with Gasteiger partial charge in [0.05, 0.1) is 23.2 Å². The van der Waals surface area contributed by atoms with E-state index in [4.69, 9.17) is 9.72 Å². The van der Waals surface area contributed by atoms with Crippen LogP contribution in [0.5, 0.6) is 0 Å². The molecule has 1 N–H and O–H groups in total. The zero-order chi connectivity index (χ0) is 21.1. The number of hydrogen-bond donors (Lipinski definition) is 1.